The van der Waals surface area contributed by atoms with Crippen LogP contribution in [0.3, 0.4) is 0 Å². The maximum absolute atomic E-state index is 13.3. The molecule has 1 atom stereocenters. The van der Waals surface area contributed by atoms with E-state index in [-0.39, 0.29) is 29.8 Å². The van der Waals surface area contributed by atoms with E-state index in [1.54, 1.807) is 0 Å². The van der Waals surface area contributed by atoms with E-state index in [2.05, 4.69) is 5.32 Å². The van der Waals surface area contributed by atoms with Crippen LogP contribution in [-0.4, -0.2) is 18.4 Å². The van der Waals surface area contributed by atoms with Gasteiger partial charge in [0.15, 0.2) is 0 Å². The van der Waals surface area contributed by atoms with E-state index in [1.165, 1.54) is 23.1 Å². The minimum atomic E-state index is -0.537. The molecule has 1 heterocycles. The minimum Gasteiger partial charge on any atom is -0.352 e. The van der Waals surface area contributed by atoms with Gasteiger partial charge in [-0.1, -0.05) is 35.9 Å². The van der Waals surface area contributed by atoms with Crippen LogP contribution in [0.1, 0.15) is 17.5 Å². The molecular weight excluding hydrogens is 343 g/mol. The fourth-order valence-electron chi connectivity index (χ4n) is 2.92. The number of benzene rings is 2. The van der Waals surface area contributed by atoms with Crippen molar-refractivity contribution in [3.63, 3.8) is 0 Å². The second-order valence-corrected chi connectivity index (χ2v) is 6.56. The molecule has 1 saturated heterocycles. The Hall–Kier alpha value is -2.40. The first-order valence-corrected chi connectivity index (χ1v) is 8.41. The van der Waals surface area contributed by atoms with Gasteiger partial charge < -0.3 is 10.2 Å². The number of carbonyl (C=O) groups is 2. The monoisotopic (exact) mass is 360 g/mol. The number of anilines is 1. The van der Waals surface area contributed by atoms with Crippen LogP contribution in [-0.2, 0) is 16.1 Å². The molecule has 0 radical (unpaired) electrons. The number of carbonyl (C=O) groups excluding carboxylic acids is 2. The summed E-state index contributed by atoms with van der Waals surface area (Å²) in [6.45, 7) is 2.68. The van der Waals surface area contributed by atoms with E-state index in [0.717, 1.165) is 11.1 Å². The molecule has 1 fully saturated rings. The van der Waals surface area contributed by atoms with Crippen molar-refractivity contribution in [2.24, 2.45) is 5.92 Å². The number of halogens is 2. The number of nitrogens with zero attached hydrogens (tertiary/aromatic N) is 1. The molecule has 130 valence electrons. The molecule has 2 aromatic carbocycles. The average molecular weight is 361 g/mol. The zero-order valence-corrected chi connectivity index (χ0v) is 14.5. The highest BCUT2D eigenvalue weighted by atomic mass is 35.5. The van der Waals surface area contributed by atoms with E-state index in [0.29, 0.717) is 12.2 Å². The predicted octanol–water partition coefficient (Wildman–Crippen LogP) is 3.46. The van der Waals surface area contributed by atoms with Crippen molar-refractivity contribution in [2.75, 3.05) is 11.4 Å². The Bertz CT molecular complexity index is 825. The summed E-state index contributed by atoms with van der Waals surface area (Å²) < 4.78 is 13.3. The number of rotatable bonds is 4. The molecule has 0 saturated carbocycles. The molecule has 2 aromatic rings. The van der Waals surface area contributed by atoms with Gasteiger partial charge in [0.25, 0.3) is 0 Å². The highest BCUT2D eigenvalue weighted by Crippen LogP contribution is 2.28. The molecule has 6 heteroatoms. The molecule has 0 aliphatic carbocycles. The number of aryl methyl sites for hydroxylation is 1. The Balaban J connectivity index is 1.64. The maximum atomic E-state index is 13.3. The lowest BCUT2D eigenvalue weighted by molar-refractivity contribution is -0.126. The molecule has 1 aliphatic rings. The van der Waals surface area contributed by atoms with E-state index < -0.39 is 11.7 Å². The van der Waals surface area contributed by atoms with E-state index in [4.69, 9.17) is 11.6 Å². The molecule has 4 nitrogen and oxygen atoms in total. The van der Waals surface area contributed by atoms with Gasteiger partial charge in [-0.2, -0.15) is 0 Å². The standard InChI is InChI=1S/C19H18ClFN2O2/c1-12-4-2-3-5-13(12)10-22-19(25)14-8-18(24)23(11-14)15-6-7-17(21)16(20)9-15/h2-7,9,14H,8,10-11H2,1H3,(H,22,25)/t14-/m0/s1. The predicted molar refractivity (Wildman–Crippen MR) is 94.9 cm³/mol. The molecule has 1 aliphatic heterocycles. The lowest BCUT2D eigenvalue weighted by atomic mass is 10.1. The lowest BCUT2D eigenvalue weighted by Crippen LogP contribution is -2.32. The molecule has 0 bridgehead atoms. The lowest BCUT2D eigenvalue weighted by Gasteiger charge is -2.17. The van der Waals surface area contributed by atoms with Gasteiger partial charge in [0.05, 0.1) is 10.9 Å². The van der Waals surface area contributed by atoms with Crippen molar-refractivity contribution in [1.29, 1.82) is 0 Å². The molecular formula is C19H18ClFN2O2. The van der Waals surface area contributed by atoms with Crippen LogP contribution in [0.2, 0.25) is 5.02 Å². The Morgan fingerprint density at radius 3 is 2.80 bits per heavy atom. The quantitative estimate of drug-likeness (QED) is 0.907. The zero-order chi connectivity index (χ0) is 18.0. The van der Waals surface area contributed by atoms with Crippen LogP contribution in [0.4, 0.5) is 10.1 Å². The van der Waals surface area contributed by atoms with Gasteiger partial charge in [0.1, 0.15) is 5.82 Å². The Labute approximate surface area is 150 Å². The van der Waals surface area contributed by atoms with E-state index in [9.17, 15) is 14.0 Å². The first kappa shape index (κ1) is 17.4. The molecule has 0 unspecified atom stereocenters. The van der Waals surface area contributed by atoms with Crippen LogP contribution >= 0.6 is 11.6 Å². The van der Waals surface area contributed by atoms with Crippen molar-refractivity contribution >= 4 is 29.1 Å². The molecule has 0 spiro atoms. The van der Waals surface area contributed by atoms with Crippen LogP contribution < -0.4 is 10.2 Å². The Morgan fingerprint density at radius 1 is 1.32 bits per heavy atom. The summed E-state index contributed by atoms with van der Waals surface area (Å²) in [4.78, 5) is 26.1. The molecule has 2 amide bonds. The van der Waals surface area contributed by atoms with Crippen molar-refractivity contribution < 1.29 is 14.0 Å². The van der Waals surface area contributed by atoms with Crippen molar-refractivity contribution in [3.05, 3.63) is 64.4 Å². The smallest absolute Gasteiger partial charge is 0.227 e. The fourth-order valence-corrected chi connectivity index (χ4v) is 3.10. The summed E-state index contributed by atoms with van der Waals surface area (Å²) in [6, 6.07) is 11.9. The molecule has 3 rings (SSSR count). The van der Waals surface area contributed by atoms with Gasteiger partial charge in [-0.25, -0.2) is 4.39 Å². The second-order valence-electron chi connectivity index (χ2n) is 6.15. The minimum absolute atomic E-state index is 0.0437. The summed E-state index contributed by atoms with van der Waals surface area (Å²) in [5, 5.41) is 2.85. The highest BCUT2D eigenvalue weighted by Gasteiger charge is 2.35. The van der Waals surface area contributed by atoms with Crippen LogP contribution in [0.15, 0.2) is 42.5 Å². The first-order valence-electron chi connectivity index (χ1n) is 8.03. The summed E-state index contributed by atoms with van der Waals surface area (Å²) in [7, 11) is 0. The summed E-state index contributed by atoms with van der Waals surface area (Å²) >= 11 is 5.78. The van der Waals surface area contributed by atoms with Crippen LogP contribution in [0.5, 0.6) is 0 Å². The maximum Gasteiger partial charge on any atom is 0.227 e. The van der Waals surface area contributed by atoms with Crippen molar-refractivity contribution in [2.45, 2.75) is 19.9 Å². The van der Waals surface area contributed by atoms with Gasteiger partial charge in [-0.15, -0.1) is 0 Å². The largest absolute Gasteiger partial charge is 0.352 e. The van der Waals surface area contributed by atoms with Crippen LogP contribution in [0.25, 0.3) is 0 Å². The van der Waals surface area contributed by atoms with Crippen LogP contribution in [0, 0.1) is 18.7 Å². The zero-order valence-electron chi connectivity index (χ0n) is 13.8. The highest BCUT2D eigenvalue weighted by molar-refractivity contribution is 6.31. The molecule has 1 N–H and O–H groups in total. The van der Waals surface area contributed by atoms with Gasteiger partial charge in [0, 0.05) is 25.2 Å². The summed E-state index contributed by atoms with van der Waals surface area (Å²) in [5.41, 5.74) is 2.65. The second kappa shape index (κ2) is 7.23. The third-order valence-electron chi connectivity index (χ3n) is 4.43. The number of amides is 2. The van der Waals surface area contributed by atoms with Gasteiger partial charge in [0.2, 0.25) is 11.8 Å². The fraction of sp³-hybridized carbons (Fsp3) is 0.263. The SMILES string of the molecule is Cc1ccccc1CNC(=O)[C@H]1CC(=O)N(c2ccc(F)c(Cl)c2)C1. The summed E-state index contributed by atoms with van der Waals surface area (Å²) in [6.07, 6.45) is 0.134. The number of nitrogens with one attached hydrogen (secondary N) is 1. The van der Waals surface area contributed by atoms with Crippen molar-refractivity contribution in [1.82, 2.24) is 5.32 Å². The normalized spacial score (nSPS) is 17.0. The average Bonchev–Trinajstić information content (AvgIpc) is 2.98. The summed E-state index contributed by atoms with van der Waals surface area (Å²) in [5.74, 6) is -1.30. The third kappa shape index (κ3) is 3.82. The third-order valence-corrected chi connectivity index (χ3v) is 4.71. The molecule has 25 heavy (non-hydrogen) atoms. The number of hydrogen-bond donors (Lipinski definition) is 1. The molecule has 0 aromatic heterocycles. The Morgan fingerprint density at radius 2 is 2.08 bits per heavy atom. The van der Waals surface area contributed by atoms with Gasteiger partial charge >= 0.3 is 0 Å². The first-order chi connectivity index (χ1) is 12.0. The van der Waals surface area contributed by atoms with E-state index >= 15 is 0 Å². The van der Waals surface area contributed by atoms with Crippen molar-refractivity contribution in [3.8, 4) is 0 Å². The Kier molecular flexibility index (Phi) is 5.04. The topological polar surface area (TPSA) is 49.4 Å². The number of hydrogen-bond acceptors (Lipinski definition) is 2. The van der Waals surface area contributed by atoms with Gasteiger partial charge in [-0.3, -0.25) is 9.59 Å². The van der Waals surface area contributed by atoms with E-state index in [1.807, 2.05) is 31.2 Å². The van der Waals surface area contributed by atoms with Gasteiger partial charge in [-0.05, 0) is 36.2 Å².